The minimum atomic E-state index is -0.424. The van der Waals surface area contributed by atoms with E-state index >= 15 is 0 Å². The molecule has 20 heavy (non-hydrogen) atoms. The van der Waals surface area contributed by atoms with E-state index in [0.29, 0.717) is 23.1 Å². The zero-order valence-corrected chi connectivity index (χ0v) is 13.2. The van der Waals surface area contributed by atoms with Crippen LogP contribution in [-0.2, 0) is 9.59 Å². The van der Waals surface area contributed by atoms with E-state index in [4.69, 9.17) is 23.2 Å². The van der Waals surface area contributed by atoms with Crippen LogP contribution in [-0.4, -0.2) is 41.6 Å². The van der Waals surface area contributed by atoms with Crippen LogP contribution in [0.25, 0.3) is 0 Å². The number of carbonyl (C=O) groups is 2. The Morgan fingerprint density at radius 1 is 1.50 bits per heavy atom. The number of benzene rings is 1. The van der Waals surface area contributed by atoms with Crippen LogP contribution in [0, 0.1) is 0 Å². The van der Waals surface area contributed by atoms with Crippen LogP contribution in [0.5, 0.6) is 0 Å². The molecule has 0 spiro atoms. The fourth-order valence-corrected chi connectivity index (χ4v) is 3.31. The molecule has 0 aromatic heterocycles. The molecule has 0 radical (unpaired) electrons. The highest BCUT2D eigenvalue weighted by Crippen LogP contribution is 2.30. The van der Waals surface area contributed by atoms with Crippen molar-refractivity contribution >= 4 is 46.8 Å². The molecule has 2 amide bonds. The van der Waals surface area contributed by atoms with Gasteiger partial charge in [-0.2, -0.15) is 0 Å². The SMILES string of the molecule is CC1C(=O)NCCN1C(=O)CSc1cc(Cl)ccc1Cl. The summed E-state index contributed by atoms with van der Waals surface area (Å²) in [5, 5.41) is 3.87. The molecule has 1 aliphatic heterocycles. The van der Waals surface area contributed by atoms with Gasteiger partial charge in [0, 0.05) is 23.0 Å². The van der Waals surface area contributed by atoms with Crippen molar-refractivity contribution in [1.29, 1.82) is 0 Å². The Bertz CT molecular complexity index is 539. The molecule has 108 valence electrons. The average Bonchev–Trinajstić information content (AvgIpc) is 2.42. The fraction of sp³-hybridized carbons (Fsp3) is 0.385. The summed E-state index contributed by atoms with van der Waals surface area (Å²) in [6, 6.07) is 4.71. The molecule has 0 saturated carbocycles. The minimum Gasteiger partial charge on any atom is -0.353 e. The van der Waals surface area contributed by atoms with Gasteiger partial charge in [-0.15, -0.1) is 11.8 Å². The van der Waals surface area contributed by atoms with Crippen molar-refractivity contribution in [3.05, 3.63) is 28.2 Å². The molecule has 1 N–H and O–H groups in total. The van der Waals surface area contributed by atoms with Crippen molar-refractivity contribution in [2.24, 2.45) is 0 Å². The van der Waals surface area contributed by atoms with Crippen molar-refractivity contribution < 1.29 is 9.59 Å². The molecule has 0 bridgehead atoms. The molecule has 4 nitrogen and oxygen atoms in total. The molecule has 1 aromatic carbocycles. The van der Waals surface area contributed by atoms with Crippen LogP contribution in [0.4, 0.5) is 0 Å². The first-order chi connectivity index (χ1) is 9.49. The van der Waals surface area contributed by atoms with Gasteiger partial charge in [-0.25, -0.2) is 0 Å². The van der Waals surface area contributed by atoms with Crippen molar-refractivity contribution in [1.82, 2.24) is 10.2 Å². The fourth-order valence-electron chi connectivity index (χ4n) is 1.93. The van der Waals surface area contributed by atoms with Gasteiger partial charge in [-0.1, -0.05) is 23.2 Å². The smallest absolute Gasteiger partial charge is 0.242 e. The van der Waals surface area contributed by atoms with Crippen LogP contribution in [0.3, 0.4) is 0 Å². The molecule has 7 heteroatoms. The summed E-state index contributed by atoms with van der Waals surface area (Å²) in [6.07, 6.45) is 0. The second-order valence-corrected chi connectivity index (χ2v) is 6.28. The number of hydrogen-bond acceptors (Lipinski definition) is 3. The predicted molar refractivity (Wildman–Crippen MR) is 81.4 cm³/mol. The zero-order chi connectivity index (χ0) is 14.7. The number of hydrogen-bond donors (Lipinski definition) is 1. The normalized spacial score (nSPS) is 18.9. The Hall–Kier alpha value is -0.910. The molecule has 0 aliphatic carbocycles. The van der Waals surface area contributed by atoms with E-state index in [2.05, 4.69) is 5.32 Å². The maximum atomic E-state index is 12.2. The van der Waals surface area contributed by atoms with Crippen LogP contribution >= 0.6 is 35.0 Å². The van der Waals surface area contributed by atoms with Gasteiger partial charge < -0.3 is 10.2 Å². The molecule has 1 unspecified atom stereocenters. The number of piperazine rings is 1. The summed E-state index contributed by atoms with van der Waals surface area (Å²) < 4.78 is 0. The molecule has 2 rings (SSSR count). The third kappa shape index (κ3) is 3.59. The van der Waals surface area contributed by atoms with E-state index in [0.717, 1.165) is 4.90 Å². The van der Waals surface area contributed by atoms with E-state index < -0.39 is 6.04 Å². The van der Waals surface area contributed by atoms with Crippen molar-refractivity contribution in [2.75, 3.05) is 18.8 Å². The van der Waals surface area contributed by atoms with Gasteiger partial charge in [0.25, 0.3) is 0 Å². The monoisotopic (exact) mass is 332 g/mol. The number of rotatable bonds is 3. The number of nitrogens with one attached hydrogen (secondary N) is 1. The quantitative estimate of drug-likeness (QED) is 0.865. The molecule has 1 aliphatic rings. The third-order valence-electron chi connectivity index (χ3n) is 3.06. The Morgan fingerprint density at radius 2 is 2.25 bits per heavy atom. The summed E-state index contributed by atoms with van der Waals surface area (Å²) in [7, 11) is 0. The lowest BCUT2D eigenvalue weighted by Crippen LogP contribution is -2.56. The van der Waals surface area contributed by atoms with Gasteiger partial charge in [-0.05, 0) is 25.1 Å². The summed E-state index contributed by atoms with van der Waals surface area (Å²) in [4.78, 5) is 26.1. The van der Waals surface area contributed by atoms with E-state index in [1.165, 1.54) is 11.8 Å². The Balaban J connectivity index is 1.98. The molecule has 1 saturated heterocycles. The standard InChI is InChI=1S/C13H14Cl2N2O2S/c1-8-13(19)16-4-5-17(8)12(18)7-20-11-6-9(14)2-3-10(11)15/h2-3,6,8H,4-5,7H2,1H3,(H,16,19). The van der Waals surface area contributed by atoms with Crippen LogP contribution in [0.2, 0.25) is 10.0 Å². The van der Waals surface area contributed by atoms with E-state index in [1.807, 2.05) is 0 Å². The molecule has 1 atom stereocenters. The first-order valence-corrected chi connectivity index (χ1v) is 7.88. The van der Waals surface area contributed by atoms with Gasteiger partial charge in [0.05, 0.1) is 10.8 Å². The summed E-state index contributed by atoms with van der Waals surface area (Å²) in [6.45, 7) is 2.76. The predicted octanol–water partition coefficient (Wildman–Crippen LogP) is 2.43. The van der Waals surface area contributed by atoms with Crippen molar-refractivity contribution in [3.63, 3.8) is 0 Å². The van der Waals surface area contributed by atoms with Crippen molar-refractivity contribution in [2.45, 2.75) is 17.9 Å². The van der Waals surface area contributed by atoms with Gasteiger partial charge in [0.2, 0.25) is 11.8 Å². The number of carbonyl (C=O) groups excluding carboxylic acids is 2. The van der Waals surface area contributed by atoms with Crippen LogP contribution in [0.1, 0.15) is 6.92 Å². The lowest BCUT2D eigenvalue weighted by Gasteiger charge is -2.32. The number of thioether (sulfide) groups is 1. The van der Waals surface area contributed by atoms with Crippen LogP contribution in [0.15, 0.2) is 23.1 Å². The minimum absolute atomic E-state index is 0.0756. The highest BCUT2D eigenvalue weighted by Gasteiger charge is 2.28. The lowest BCUT2D eigenvalue weighted by molar-refractivity contribution is -0.140. The first kappa shape index (κ1) is 15.5. The largest absolute Gasteiger partial charge is 0.353 e. The molecular formula is C13H14Cl2N2O2S. The maximum Gasteiger partial charge on any atom is 0.242 e. The molecule has 1 aromatic rings. The first-order valence-electron chi connectivity index (χ1n) is 6.14. The number of nitrogens with zero attached hydrogens (tertiary/aromatic N) is 1. The number of amides is 2. The van der Waals surface area contributed by atoms with Gasteiger partial charge in [0.1, 0.15) is 6.04 Å². The van der Waals surface area contributed by atoms with E-state index in [-0.39, 0.29) is 17.6 Å². The van der Waals surface area contributed by atoms with Crippen LogP contribution < -0.4 is 5.32 Å². The topological polar surface area (TPSA) is 49.4 Å². The molecule has 1 fully saturated rings. The second-order valence-electron chi connectivity index (χ2n) is 4.42. The maximum absolute atomic E-state index is 12.2. The number of halogens is 2. The Kier molecular flexibility index (Phi) is 5.18. The van der Waals surface area contributed by atoms with Gasteiger partial charge in [0.15, 0.2) is 0 Å². The van der Waals surface area contributed by atoms with Gasteiger partial charge in [-0.3, -0.25) is 9.59 Å². The zero-order valence-electron chi connectivity index (χ0n) is 10.9. The summed E-state index contributed by atoms with van der Waals surface area (Å²) in [5.41, 5.74) is 0. The highest BCUT2D eigenvalue weighted by molar-refractivity contribution is 8.00. The van der Waals surface area contributed by atoms with E-state index in [9.17, 15) is 9.59 Å². The summed E-state index contributed by atoms with van der Waals surface area (Å²) in [5.74, 6) is 0.0429. The molecule has 1 heterocycles. The third-order valence-corrected chi connectivity index (χ3v) is 4.78. The Morgan fingerprint density at radius 3 is 3.00 bits per heavy atom. The van der Waals surface area contributed by atoms with Crippen molar-refractivity contribution in [3.8, 4) is 0 Å². The summed E-state index contributed by atoms with van der Waals surface area (Å²) >= 11 is 13.3. The lowest BCUT2D eigenvalue weighted by atomic mass is 10.2. The van der Waals surface area contributed by atoms with Gasteiger partial charge >= 0.3 is 0 Å². The Labute approximate surface area is 131 Å². The van der Waals surface area contributed by atoms with E-state index in [1.54, 1.807) is 30.0 Å². The second kappa shape index (κ2) is 6.70. The average molecular weight is 333 g/mol. The highest BCUT2D eigenvalue weighted by atomic mass is 35.5. The molecular weight excluding hydrogens is 319 g/mol.